The average molecular weight is 422 g/mol. The van der Waals surface area contributed by atoms with Gasteiger partial charge in [-0.1, -0.05) is 55.1 Å². The summed E-state index contributed by atoms with van der Waals surface area (Å²) >= 11 is 2.66. The first-order valence-corrected chi connectivity index (χ1v) is 10.8. The van der Waals surface area contributed by atoms with Crippen molar-refractivity contribution in [2.24, 2.45) is 5.92 Å². The number of aromatic nitrogens is 3. The Morgan fingerprint density at radius 2 is 1.96 bits per heavy atom. The van der Waals surface area contributed by atoms with E-state index in [-0.39, 0.29) is 23.7 Å². The summed E-state index contributed by atoms with van der Waals surface area (Å²) in [5, 5.41) is 13.7. The summed E-state index contributed by atoms with van der Waals surface area (Å²) in [6.45, 7) is 6.10. The van der Waals surface area contributed by atoms with Crippen LogP contribution in [0.1, 0.15) is 38.0 Å². The standard InChI is InChI=1S/C19H24FN5OS2/c1-10(2)8-12(9-26)22-16-15-17(23-18(21)28-15)25-19(24-16)27-11(3)13-6-4-5-7-14(13)20/h4-7,10-12,26H,8-9H2,1-3H3,(H3,21,22,23,24,25)/t11?,12-/m1/s1. The number of nitrogens with zero attached hydrogens (tertiary/aromatic N) is 3. The lowest BCUT2D eigenvalue weighted by molar-refractivity contribution is 0.259. The van der Waals surface area contributed by atoms with Gasteiger partial charge in [0.1, 0.15) is 10.5 Å². The third-order valence-electron chi connectivity index (χ3n) is 4.19. The predicted octanol–water partition coefficient (Wildman–Crippen LogP) is 4.48. The van der Waals surface area contributed by atoms with Gasteiger partial charge in [-0.05, 0) is 25.3 Å². The summed E-state index contributed by atoms with van der Waals surface area (Å²) in [7, 11) is 0. The van der Waals surface area contributed by atoms with Crippen molar-refractivity contribution in [1.82, 2.24) is 15.0 Å². The van der Waals surface area contributed by atoms with E-state index in [1.165, 1.54) is 29.2 Å². The molecule has 150 valence electrons. The summed E-state index contributed by atoms with van der Waals surface area (Å²) in [6.07, 6.45) is 0.796. The fourth-order valence-corrected chi connectivity index (χ4v) is 4.58. The quantitative estimate of drug-likeness (QED) is 0.364. The van der Waals surface area contributed by atoms with Crippen molar-refractivity contribution < 1.29 is 9.50 Å². The molecule has 0 aliphatic heterocycles. The number of nitrogens with one attached hydrogen (secondary N) is 1. The Hall–Kier alpha value is -1.97. The fourth-order valence-electron chi connectivity index (χ4n) is 2.94. The van der Waals surface area contributed by atoms with Crippen LogP contribution in [0.4, 0.5) is 15.3 Å². The number of hydrogen-bond acceptors (Lipinski definition) is 8. The fraction of sp³-hybridized carbons (Fsp3) is 0.421. The molecule has 1 aromatic carbocycles. The molecular formula is C19H24FN5OS2. The maximum absolute atomic E-state index is 14.1. The van der Waals surface area contributed by atoms with Crippen LogP contribution in [0.3, 0.4) is 0 Å². The van der Waals surface area contributed by atoms with Gasteiger partial charge in [-0.25, -0.2) is 19.3 Å². The van der Waals surface area contributed by atoms with Crippen molar-refractivity contribution in [3.63, 3.8) is 0 Å². The van der Waals surface area contributed by atoms with Gasteiger partial charge < -0.3 is 16.2 Å². The van der Waals surface area contributed by atoms with E-state index in [2.05, 4.69) is 34.1 Å². The highest BCUT2D eigenvalue weighted by molar-refractivity contribution is 7.99. The molecule has 9 heteroatoms. The number of benzene rings is 1. The van der Waals surface area contributed by atoms with Crippen LogP contribution in [-0.2, 0) is 0 Å². The zero-order valence-corrected chi connectivity index (χ0v) is 17.6. The molecule has 2 aromatic heterocycles. The first-order valence-electron chi connectivity index (χ1n) is 9.10. The van der Waals surface area contributed by atoms with Gasteiger partial charge in [0.15, 0.2) is 21.8 Å². The molecule has 0 spiro atoms. The van der Waals surface area contributed by atoms with E-state index in [1.54, 1.807) is 12.1 Å². The number of anilines is 2. The zero-order chi connectivity index (χ0) is 20.3. The maximum atomic E-state index is 14.1. The van der Waals surface area contributed by atoms with Gasteiger partial charge in [0, 0.05) is 10.8 Å². The number of thiazole rings is 1. The molecule has 3 rings (SSSR count). The van der Waals surface area contributed by atoms with E-state index in [4.69, 9.17) is 5.73 Å². The van der Waals surface area contributed by atoms with Gasteiger partial charge in [0.2, 0.25) is 0 Å². The highest BCUT2D eigenvalue weighted by atomic mass is 32.2. The number of aliphatic hydroxyl groups excluding tert-OH is 1. The van der Waals surface area contributed by atoms with Gasteiger partial charge in [-0.15, -0.1) is 0 Å². The third kappa shape index (κ3) is 4.89. The van der Waals surface area contributed by atoms with E-state index >= 15 is 0 Å². The van der Waals surface area contributed by atoms with Crippen molar-refractivity contribution in [1.29, 1.82) is 0 Å². The molecule has 0 saturated carbocycles. The van der Waals surface area contributed by atoms with E-state index < -0.39 is 0 Å². The summed E-state index contributed by atoms with van der Waals surface area (Å²) in [5.74, 6) is 0.766. The molecule has 4 N–H and O–H groups in total. The lowest BCUT2D eigenvalue weighted by Crippen LogP contribution is -2.26. The largest absolute Gasteiger partial charge is 0.394 e. The van der Waals surface area contributed by atoms with Crippen molar-refractivity contribution >= 4 is 44.4 Å². The number of rotatable bonds is 8. The van der Waals surface area contributed by atoms with Crippen LogP contribution in [0, 0.1) is 11.7 Å². The Kier molecular flexibility index (Phi) is 6.69. The molecule has 0 bridgehead atoms. The van der Waals surface area contributed by atoms with Crippen molar-refractivity contribution in [2.45, 2.75) is 43.6 Å². The number of halogens is 1. The molecule has 0 aliphatic carbocycles. The Morgan fingerprint density at radius 3 is 2.64 bits per heavy atom. The molecule has 0 saturated heterocycles. The van der Waals surface area contributed by atoms with Crippen LogP contribution < -0.4 is 11.1 Å². The average Bonchev–Trinajstić information content (AvgIpc) is 3.01. The molecule has 2 heterocycles. The first-order chi connectivity index (χ1) is 13.4. The highest BCUT2D eigenvalue weighted by Gasteiger charge is 2.19. The van der Waals surface area contributed by atoms with E-state index in [0.717, 1.165) is 11.1 Å². The first kappa shape index (κ1) is 20.8. The molecule has 0 fully saturated rings. The summed E-state index contributed by atoms with van der Waals surface area (Å²) in [4.78, 5) is 13.4. The maximum Gasteiger partial charge on any atom is 0.192 e. The topological polar surface area (TPSA) is 97.0 Å². The molecule has 0 amide bonds. The Bertz CT molecular complexity index is 949. The van der Waals surface area contributed by atoms with Gasteiger partial charge >= 0.3 is 0 Å². The monoisotopic (exact) mass is 421 g/mol. The lowest BCUT2D eigenvalue weighted by Gasteiger charge is -2.19. The normalized spacial score (nSPS) is 13.8. The van der Waals surface area contributed by atoms with Gasteiger partial charge in [0.05, 0.1) is 12.6 Å². The Labute approximate surface area is 171 Å². The highest BCUT2D eigenvalue weighted by Crippen LogP contribution is 2.37. The number of aliphatic hydroxyl groups is 1. The van der Waals surface area contributed by atoms with Crippen molar-refractivity contribution in [3.8, 4) is 0 Å². The molecule has 1 unspecified atom stereocenters. The molecule has 0 aliphatic rings. The second-order valence-corrected chi connectivity index (χ2v) is 9.33. The second kappa shape index (κ2) is 9.02. The Balaban J connectivity index is 1.92. The number of nitrogen functional groups attached to an aromatic ring is 1. The van der Waals surface area contributed by atoms with Crippen LogP contribution >= 0.6 is 23.1 Å². The molecule has 2 atom stereocenters. The predicted molar refractivity (Wildman–Crippen MR) is 114 cm³/mol. The smallest absolute Gasteiger partial charge is 0.192 e. The molecule has 0 radical (unpaired) electrons. The van der Waals surface area contributed by atoms with Crippen LogP contribution in [-0.4, -0.2) is 32.7 Å². The van der Waals surface area contributed by atoms with Crippen LogP contribution in [0.2, 0.25) is 0 Å². The lowest BCUT2D eigenvalue weighted by atomic mass is 10.0. The SMILES string of the molecule is CC(C)C[C@H](CO)Nc1nc(SC(C)c2ccccc2F)nc2nc(N)sc12. The summed E-state index contributed by atoms with van der Waals surface area (Å²) in [5.41, 5.74) is 6.97. The number of hydrogen-bond donors (Lipinski definition) is 3. The van der Waals surface area contributed by atoms with Crippen LogP contribution in [0.15, 0.2) is 29.4 Å². The minimum absolute atomic E-state index is 0.00787. The summed E-state index contributed by atoms with van der Waals surface area (Å²) < 4.78 is 14.8. The van der Waals surface area contributed by atoms with Crippen molar-refractivity contribution in [2.75, 3.05) is 17.7 Å². The molecule has 3 aromatic rings. The van der Waals surface area contributed by atoms with Crippen LogP contribution in [0.5, 0.6) is 0 Å². The minimum atomic E-state index is -0.253. The van der Waals surface area contributed by atoms with Gasteiger partial charge in [-0.3, -0.25) is 0 Å². The summed E-state index contributed by atoms with van der Waals surface area (Å²) in [6, 6.07) is 6.55. The molecule has 28 heavy (non-hydrogen) atoms. The van der Waals surface area contributed by atoms with Crippen LogP contribution in [0.25, 0.3) is 10.3 Å². The number of thioether (sulfide) groups is 1. The second-order valence-electron chi connectivity index (χ2n) is 6.99. The van der Waals surface area contributed by atoms with Crippen molar-refractivity contribution in [3.05, 3.63) is 35.6 Å². The van der Waals surface area contributed by atoms with Gasteiger partial charge in [0.25, 0.3) is 0 Å². The third-order valence-corrected chi connectivity index (χ3v) is 6.07. The molecular weight excluding hydrogens is 397 g/mol. The van der Waals surface area contributed by atoms with E-state index in [1.807, 2.05) is 13.0 Å². The minimum Gasteiger partial charge on any atom is -0.394 e. The van der Waals surface area contributed by atoms with Gasteiger partial charge in [-0.2, -0.15) is 0 Å². The van der Waals surface area contributed by atoms with E-state index in [0.29, 0.717) is 33.2 Å². The Morgan fingerprint density at radius 1 is 1.21 bits per heavy atom. The molecule has 6 nitrogen and oxygen atoms in total. The zero-order valence-electron chi connectivity index (χ0n) is 16.0. The number of nitrogens with two attached hydrogens (primary N) is 1. The van der Waals surface area contributed by atoms with E-state index in [9.17, 15) is 9.50 Å². The number of fused-ring (bicyclic) bond motifs is 1.